The normalized spacial score (nSPS) is 27.2. The summed E-state index contributed by atoms with van der Waals surface area (Å²) < 4.78 is 5.24. The van der Waals surface area contributed by atoms with Gasteiger partial charge >= 0.3 is 0 Å². The molecule has 1 spiro atoms. The summed E-state index contributed by atoms with van der Waals surface area (Å²) in [5, 5.41) is 5.98. The third-order valence-corrected chi connectivity index (χ3v) is 3.72. The van der Waals surface area contributed by atoms with Gasteiger partial charge in [0.15, 0.2) is 5.96 Å². The molecule has 0 bridgehead atoms. The maximum atomic E-state index is 12.2. The van der Waals surface area contributed by atoms with Crippen molar-refractivity contribution in [1.29, 1.82) is 0 Å². The van der Waals surface area contributed by atoms with Gasteiger partial charge < -0.3 is 10.1 Å². The Bertz CT molecular complexity index is 553. The maximum absolute atomic E-state index is 12.2. The third kappa shape index (κ3) is 1.33. The molecule has 1 heterocycles. The van der Waals surface area contributed by atoms with Gasteiger partial charge in [-0.1, -0.05) is 6.07 Å². The van der Waals surface area contributed by atoms with Crippen molar-refractivity contribution < 1.29 is 9.53 Å². The van der Waals surface area contributed by atoms with E-state index < -0.39 is 5.54 Å². The van der Waals surface area contributed by atoms with Gasteiger partial charge in [0.1, 0.15) is 11.3 Å². The predicted octanol–water partition coefficient (Wildman–Crippen LogP) is 0.542. The molecule has 1 aliphatic carbocycles. The number of rotatable bonds is 1. The van der Waals surface area contributed by atoms with Crippen LogP contribution in [0.5, 0.6) is 5.75 Å². The number of carbonyl (C=O) groups excluding carboxylic acids is 1. The maximum Gasteiger partial charge on any atom is 0.257 e. The number of guanidine groups is 1. The molecule has 94 valence electrons. The number of nitrogens with one attached hydrogen (secondary N) is 2. The number of carbonyl (C=O) groups is 1. The molecule has 1 atom stereocenters. The molecule has 0 saturated carbocycles. The van der Waals surface area contributed by atoms with Crippen molar-refractivity contribution in [3.63, 3.8) is 0 Å². The first-order valence-corrected chi connectivity index (χ1v) is 5.93. The molecule has 2 N–H and O–H groups in total. The zero-order chi connectivity index (χ0) is 12.8. The molecule has 1 unspecified atom stereocenters. The Morgan fingerprint density at radius 1 is 1.44 bits per heavy atom. The van der Waals surface area contributed by atoms with E-state index in [1.807, 2.05) is 18.2 Å². The van der Waals surface area contributed by atoms with Crippen LogP contribution in [0.3, 0.4) is 0 Å². The highest BCUT2D eigenvalue weighted by Gasteiger charge is 2.50. The second-order valence-corrected chi connectivity index (χ2v) is 4.58. The Morgan fingerprint density at radius 3 is 2.94 bits per heavy atom. The van der Waals surface area contributed by atoms with E-state index in [0.29, 0.717) is 5.96 Å². The molecule has 5 nitrogen and oxygen atoms in total. The summed E-state index contributed by atoms with van der Waals surface area (Å²) in [5.41, 5.74) is 1.52. The van der Waals surface area contributed by atoms with Crippen molar-refractivity contribution in [2.75, 3.05) is 14.2 Å². The highest BCUT2D eigenvalue weighted by Crippen LogP contribution is 2.40. The van der Waals surface area contributed by atoms with Gasteiger partial charge in [0.05, 0.1) is 7.11 Å². The summed E-state index contributed by atoms with van der Waals surface area (Å²) in [5.74, 6) is 1.28. The number of ether oxygens (including phenoxy) is 1. The molecule has 3 rings (SSSR count). The van der Waals surface area contributed by atoms with E-state index in [9.17, 15) is 4.79 Å². The Hall–Kier alpha value is -2.04. The molecule has 5 heteroatoms. The number of hydrogen-bond acceptors (Lipinski definition) is 3. The van der Waals surface area contributed by atoms with Crippen LogP contribution in [0.1, 0.15) is 17.5 Å². The molecule has 1 aromatic carbocycles. The van der Waals surface area contributed by atoms with E-state index in [1.54, 1.807) is 14.2 Å². The number of aliphatic imine (C=N–C) groups is 1. The molecule has 1 fully saturated rings. The van der Waals surface area contributed by atoms with E-state index in [1.165, 1.54) is 5.56 Å². The van der Waals surface area contributed by atoms with Crippen molar-refractivity contribution in [2.24, 2.45) is 4.99 Å². The molecule has 1 amide bonds. The van der Waals surface area contributed by atoms with Crippen molar-refractivity contribution in [1.82, 2.24) is 10.6 Å². The Kier molecular flexibility index (Phi) is 2.29. The second kappa shape index (κ2) is 3.73. The van der Waals surface area contributed by atoms with Crippen molar-refractivity contribution in [2.45, 2.75) is 18.4 Å². The fraction of sp³-hybridized carbons (Fsp3) is 0.385. The molecule has 18 heavy (non-hydrogen) atoms. The highest BCUT2D eigenvalue weighted by molar-refractivity contribution is 6.09. The van der Waals surface area contributed by atoms with Gasteiger partial charge in [0.25, 0.3) is 5.91 Å². The van der Waals surface area contributed by atoms with Crippen molar-refractivity contribution in [3.05, 3.63) is 29.3 Å². The smallest absolute Gasteiger partial charge is 0.257 e. The SMILES string of the molecule is CN=C1NC(=O)C2(CCc3ccc(OC)cc32)N1. The summed E-state index contributed by atoms with van der Waals surface area (Å²) in [6, 6.07) is 5.89. The molecular weight excluding hydrogens is 230 g/mol. The summed E-state index contributed by atoms with van der Waals surface area (Å²) in [4.78, 5) is 16.2. The molecule has 0 radical (unpaired) electrons. The number of fused-ring (bicyclic) bond motifs is 2. The first kappa shape index (κ1) is 11.1. The quantitative estimate of drug-likeness (QED) is 0.759. The van der Waals surface area contributed by atoms with Crippen LogP contribution in [0.15, 0.2) is 23.2 Å². The van der Waals surface area contributed by atoms with Crippen LogP contribution in [-0.2, 0) is 16.8 Å². The van der Waals surface area contributed by atoms with E-state index in [2.05, 4.69) is 15.6 Å². The molecule has 0 aromatic heterocycles. The monoisotopic (exact) mass is 245 g/mol. The van der Waals surface area contributed by atoms with E-state index >= 15 is 0 Å². The molecule has 1 aromatic rings. The topological polar surface area (TPSA) is 62.7 Å². The molecular formula is C13H15N3O2. The minimum Gasteiger partial charge on any atom is -0.497 e. The lowest BCUT2D eigenvalue weighted by atomic mass is 9.92. The molecule has 1 saturated heterocycles. The van der Waals surface area contributed by atoms with Gasteiger partial charge in [-0.3, -0.25) is 15.1 Å². The van der Waals surface area contributed by atoms with Crippen LogP contribution < -0.4 is 15.4 Å². The first-order valence-electron chi connectivity index (χ1n) is 5.93. The number of nitrogens with zero attached hydrogens (tertiary/aromatic N) is 1. The Labute approximate surface area is 105 Å². The van der Waals surface area contributed by atoms with Crippen LogP contribution in [-0.4, -0.2) is 26.0 Å². The summed E-state index contributed by atoms with van der Waals surface area (Å²) in [6.45, 7) is 0. The largest absolute Gasteiger partial charge is 0.497 e. The van der Waals surface area contributed by atoms with Gasteiger partial charge in [-0.05, 0) is 36.1 Å². The van der Waals surface area contributed by atoms with Gasteiger partial charge in [-0.15, -0.1) is 0 Å². The lowest BCUT2D eigenvalue weighted by molar-refractivity contribution is -0.124. The van der Waals surface area contributed by atoms with Crippen LogP contribution in [0.4, 0.5) is 0 Å². The number of aryl methyl sites for hydroxylation is 1. The summed E-state index contributed by atoms with van der Waals surface area (Å²) in [7, 11) is 3.29. The number of methoxy groups -OCH3 is 1. The average molecular weight is 245 g/mol. The standard InChI is InChI=1S/C13H15N3O2/c1-14-12-15-11(17)13(16-12)6-5-8-3-4-9(18-2)7-10(8)13/h3-4,7H,5-6H2,1-2H3,(H2,14,15,16,17). The van der Waals surface area contributed by atoms with Crippen LogP contribution in [0, 0.1) is 0 Å². The average Bonchev–Trinajstić information content (AvgIpc) is 2.92. The minimum absolute atomic E-state index is 0.0323. The van der Waals surface area contributed by atoms with Crippen LogP contribution in [0.25, 0.3) is 0 Å². The minimum atomic E-state index is -0.668. The lowest BCUT2D eigenvalue weighted by Gasteiger charge is -2.22. The van der Waals surface area contributed by atoms with Gasteiger partial charge in [-0.25, -0.2) is 0 Å². The summed E-state index contributed by atoms with van der Waals surface area (Å²) in [6.07, 6.45) is 1.64. The third-order valence-electron chi connectivity index (χ3n) is 3.72. The van der Waals surface area contributed by atoms with Gasteiger partial charge in [-0.2, -0.15) is 0 Å². The van der Waals surface area contributed by atoms with Crippen LogP contribution in [0.2, 0.25) is 0 Å². The fourth-order valence-electron chi connectivity index (χ4n) is 2.74. The van der Waals surface area contributed by atoms with E-state index in [-0.39, 0.29) is 5.91 Å². The van der Waals surface area contributed by atoms with Gasteiger partial charge in [0.2, 0.25) is 0 Å². The number of benzene rings is 1. The zero-order valence-corrected chi connectivity index (χ0v) is 10.4. The molecule has 2 aliphatic rings. The van der Waals surface area contributed by atoms with Crippen molar-refractivity contribution >= 4 is 11.9 Å². The zero-order valence-electron chi connectivity index (χ0n) is 10.4. The van der Waals surface area contributed by atoms with Crippen LogP contribution >= 0.6 is 0 Å². The Morgan fingerprint density at radius 2 is 2.28 bits per heavy atom. The fourth-order valence-corrected chi connectivity index (χ4v) is 2.74. The van der Waals surface area contributed by atoms with E-state index in [4.69, 9.17) is 4.74 Å². The van der Waals surface area contributed by atoms with Gasteiger partial charge in [0, 0.05) is 7.05 Å². The number of amides is 1. The summed E-state index contributed by atoms with van der Waals surface area (Å²) >= 11 is 0. The van der Waals surface area contributed by atoms with Crippen molar-refractivity contribution in [3.8, 4) is 5.75 Å². The lowest BCUT2D eigenvalue weighted by Crippen LogP contribution is -2.41. The second-order valence-electron chi connectivity index (χ2n) is 4.58. The Balaban J connectivity index is 2.11. The highest BCUT2D eigenvalue weighted by atomic mass is 16.5. The van der Waals surface area contributed by atoms with E-state index in [0.717, 1.165) is 24.2 Å². The molecule has 1 aliphatic heterocycles. The predicted molar refractivity (Wildman–Crippen MR) is 67.6 cm³/mol. The first-order chi connectivity index (χ1) is 8.69. The number of hydrogen-bond donors (Lipinski definition) is 2.